The monoisotopic (exact) mass is 510 g/mol. The fourth-order valence-electron chi connectivity index (χ4n) is 5.37. The molecule has 0 saturated heterocycles. The van der Waals surface area contributed by atoms with E-state index in [1.807, 2.05) is 50.2 Å². The maximum absolute atomic E-state index is 14.0. The molecule has 2 aromatic carbocycles. The Hall–Kier alpha value is -2.53. The first-order valence-corrected chi connectivity index (χ1v) is 12.4. The van der Waals surface area contributed by atoms with Crippen LogP contribution in [0.3, 0.4) is 0 Å². The highest BCUT2D eigenvalue weighted by molar-refractivity contribution is 5.49. The van der Waals surface area contributed by atoms with Gasteiger partial charge in [-0.2, -0.15) is 31.6 Å². The SMILES string of the molecule is CCN(CCc1ccccc1)C(C)CCC(C#N)(c1c(C(F)(F)F)cccc1C(F)(F)F)C1CCC1. The van der Waals surface area contributed by atoms with Gasteiger partial charge < -0.3 is 4.90 Å². The number of benzene rings is 2. The average molecular weight is 511 g/mol. The van der Waals surface area contributed by atoms with Gasteiger partial charge in [0, 0.05) is 12.6 Å². The van der Waals surface area contributed by atoms with E-state index in [1.165, 1.54) is 0 Å². The first kappa shape index (κ1) is 28.0. The van der Waals surface area contributed by atoms with Gasteiger partial charge in [-0.1, -0.05) is 49.7 Å². The number of halogens is 6. The molecule has 0 N–H and O–H groups in total. The van der Waals surface area contributed by atoms with Gasteiger partial charge in [0.1, 0.15) is 0 Å². The molecule has 3 rings (SSSR count). The molecular formula is C28H32F6N2. The minimum atomic E-state index is -5.00. The van der Waals surface area contributed by atoms with Gasteiger partial charge in [-0.3, -0.25) is 0 Å². The van der Waals surface area contributed by atoms with E-state index in [0.29, 0.717) is 50.9 Å². The Balaban J connectivity index is 1.95. The van der Waals surface area contributed by atoms with Crippen LogP contribution in [0.5, 0.6) is 0 Å². The van der Waals surface area contributed by atoms with E-state index in [-0.39, 0.29) is 12.5 Å². The molecule has 2 aromatic rings. The van der Waals surface area contributed by atoms with Crippen molar-refractivity contribution in [1.82, 2.24) is 4.90 Å². The topological polar surface area (TPSA) is 27.0 Å². The smallest absolute Gasteiger partial charge is 0.301 e. The molecule has 2 nitrogen and oxygen atoms in total. The number of rotatable bonds is 10. The van der Waals surface area contributed by atoms with Crippen molar-refractivity contribution < 1.29 is 26.3 Å². The summed E-state index contributed by atoms with van der Waals surface area (Å²) in [6, 6.07) is 13.9. The van der Waals surface area contributed by atoms with Crippen LogP contribution in [0.4, 0.5) is 26.3 Å². The number of hydrogen-bond acceptors (Lipinski definition) is 2. The molecule has 196 valence electrons. The van der Waals surface area contributed by atoms with Crippen LogP contribution in [-0.2, 0) is 24.2 Å². The lowest BCUT2D eigenvalue weighted by molar-refractivity contribution is -0.145. The number of alkyl halides is 6. The van der Waals surface area contributed by atoms with Crippen LogP contribution in [0.1, 0.15) is 68.2 Å². The minimum Gasteiger partial charge on any atom is -0.301 e. The van der Waals surface area contributed by atoms with Gasteiger partial charge in [0.05, 0.1) is 22.6 Å². The molecule has 0 bridgehead atoms. The minimum absolute atomic E-state index is 0.0622. The first-order chi connectivity index (χ1) is 16.9. The van der Waals surface area contributed by atoms with Gasteiger partial charge in [0.25, 0.3) is 0 Å². The summed E-state index contributed by atoms with van der Waals surface area (Å²) in [7, 11) is 0. The molecule has 8 heteroatoms. The molecule has 1 aliphatic carbocycles. The maximum atomic E-state index is 14.0. The number of likely N-dealkylation sites (N-methyl/N-ethyl adjacent to an activating group) is 1. The summed E-state index contributed by atoms with van der Waals surface area (Å²) >= 11 is 0. The highest BCUT2D eigenvalue weighted by Gasteiger charge is 2.52. The summed E-state index contributed by atoms with van der Waals surface area (Å²) in [6.45, 7) is 5.30. The molecule has 0 spiro atoms. The molecule has 0 heterocycles. The molecular weight excluding hydrogens is 478 g/mol. The van der Waals surface area contributed by atoms with E-state index >= 15 is 0 Å². The summed E-state index contributed by atoms with van der Waals surface area (Å²) in [5.41, 5.74) is -4.30. The van der Waals surface area contributed by atoms with Gasteiger partial charge in [0.15, 0.2) is 0 Å². The predicted octanol–water partition coefficient (Wildman–Crippen LogP) is 8.02. The average Bonchev–Trinajstić information content (AvgIpc) is 2.80. The summed E-state index contributed by atoms with van der Waals surface area (Å²) in [5, 5.41) is 10.3. The van der Waals surface area contributed by atoms with Gasteiger partial charge in [-0.15, -0.1) is 0 Å². The molecule has 0 aromatic heterocycles. The highest BCUT2D eigenvalue weighted by Crippen LogP contribution is 2.53. The Morgan fingerprint density at radius 1 is 0.944 bits per heavy atom. The molecule has 0 aliphatic heterocycles. The Kier molecular flexibility index (Phi) is 8.76. The fraction of sp³-hybridized carbons (Fsp3) is 0.536. The Morgan fingerprint density at radius 2 is 1.53 bits per heavy atom. The maximum Gasteiger partial charge on any atom is 0.416 e. The molecule has 2 atom stereocenters. The van der Waals surface area contributed by atoms with Crippen molar-refractivity contribution in [2.24, 2.45) is 5.92 Å². The third-order valence-corrected chi connectivity index (χ3v) is 7.64. The fourth-order valence-corrected chi connectivity index (χ4v) is 5.37. The van der Waals surface area contributed by atoms with Crippen LogP contribution in [-0.4, -0.2) is 24.0 Å². The van der Waals surface area contributed by atoms with Crippen molar-refractivity contribution in [3.05, 3.63) is 70.8 Å². The zero-order chi connectivity index (χ0) is 26.6. The second-order valence-corrected chi connectivity index (χ2v) is 9.69. The third-order valence-electron chi connectivity index (χ3n) is 7.64. The van der Waals surface area contributed by atoms with E-state index in [2.05, 4.69) is 4.90 Å². The first-order valence-electron chi connectivity index (χ1n) is 12.4. The van der Waals surface area contributed by atoms with Crippen LogP contribution < -0.4 is 0 Å². The summed E-state index contributed by atoms with van der Waals surface area (Å²) in [5.74, 6) is -0.543. The predicted molar refractivity (Wildman–Crippen MR) is 127 cm³/mol. The largest absolute Gasteiger partial charge is 0.416 e. The van der Waals surface area contributed by atoms with Gasteiger partial charge >= 0.3 is 12.4 Å². The molecule has 1 saturated carbocycles. The molecule has 36 heavy (non-hydrogen) atoms. The van der Waals surface area contributed by atoms with E-state index in [9.17, 15) is 31.6 Å². The number of nitrogens with zero attached hydrogens (tertiary/aromatic N) is 2. The molecule has 0 radical (unpaired) electrons. The van der Waals surface area contributed by atoms with Crippen molar-refractivity contribution >= 4 is 0 Å². The molecule has 1 aliphatic rings. The lowest BCUT2D eigenvalue weighted by Crippen LogP contribution is -2.43. The van der Waals surface area contributed by atoms with Crippen molar-refractivity contribution in [3.63, 3.8) is 0 Å². The lowest BCUT2D eigenvalue weighted by Gasteiger charge is -2.44. The third kappa shape index (κ3) is 6.05. The Bertz CT molecular complexity index is 1000. The van der Waals surface area contributed by atoms with Crippen LogP contribution in [0.25, 0.3) is 0 Å². The van der Waals surface area contributed by atoms with Crippen LogP contribution in [0.2, 0.25) is 0 Å². The molecule has 2 unspecified atom stereocenters. The van der Waals surface area contributed by atoms with E-state index in [1.54, 1.807) is 0 Å². The molecule has 1 fully saturated rings. The number of hydrogen-bond donors (Lipinski definition) is 0. The van der Waals surface area contributed by atoms with Crippen molar-refractivity contribution in [3.8, 4) is 6.07 Å². The second-order valence-electron chi connectivity index (χ2n) is 9.69. The van der Waals surface area contributed by atoms with Crippen molar-refractivity contribution in [2.75, 3.05) is 13.1 Å². The zero-order valence-electron chi connectivity index (χ0n) is 20.6. The lowest BCUT2D eigenvalue weighted by atomic mass is 9.58. The van der Waals surface area contributed by atoms with Gasteiger partial charge in [-0.05, 0) is 74.8 Å². The van der Waals surface area contributed by atoms with E-state index in [0.717, 1.165) is 18.1 Å². The van der Waals surface area contributed by atoms with E-state index < -0.39 is 40.4 Å². The number of nitriles is 1. The van der Waals surface area contributed by atoms with Crippen LogP contribution >= 0.6 is 0 Å². The van der Waals surface area contributed by atoms with E-state index in [4.69, 9.17) is 0 Å². The molecule has 0 amide bonds. The van der Waals surface area contributed by atoms with Gasteiger partial charge in [0.2, 0.25) is 0 Å². The van der Waals surface area contributed by atoms with Crippen LogP contribution in [0.15, 0.2) is 48.5 Å². The van der Waals surface area contributed by atoms with Crippen LogP contribution in [0, 0.1) is 17.2 Å². The second kappa shape index (κ2) is 11.2. The van der Waals surface area contributed by atoms with Gasteiger partial charge in [-0.25, -0.2) is 0 Å². The standard InChI is InChI=1S/C28H32F6N2/c1-3-36(18-16-21-9-5-4-6-10-21)20(2)15-17-26(19-35,22-11-7-12-22)25-23(27(29,30)31)13-8-14-24(25)28(32,33)34/h4-6,8-10,13-14,20,22H,3,7,11-12,15-18H2,1-2H3. The zero-order valence-corrected chi connectivity index (χ0v) is 20.6. The Labute approximate surface area is 208 Å². The normalized spacial score (nSPS) is 17.3. The highest BCUT2D eigenvalue weighted by atomic mass is 19.4. The summed E-state index contributed by atoms with van der Waals surface area (Å²) < 4.78 is 84.2. The summed E-state index contributed by atoms with van der Waals surface area (Å²) in [6.07, 6.45) is -7.40. The van der Waals surface area contributed by atoms with Crippen molar-refractivity contribution in [2.45, 2.75) is 76.2 Å². The summed E-state index contributed by atoms with van der Waals surface area (Å²) in [4.78, 5) is 2.16. The quantitative estimate of drug-likeness (QED) is 0.303. The van der Waals surface area contributed by atoms with Crippen molar-refractivity contribution in [1.29, 1.82) is 5.26 Å². The Morgan fingerprint density at radius 3 is 1.97 bits per heavy atom.